The molecule has 0 atom stereocenters. The van der Waals surface area contributed by atoms with E-state index in [9.17, 15) is 9.59 Å². The molecule has 0 heterocycles. The number of hydrogen-bond acceptors (Lipinski definition) is 3. The predicted octanol–water partition coefficient (Wildman–Crippen LogP) is 3.09. The van der Waals surface area contributed by atoms with Crippen LogP contribution in [0, 0.1) is 3.57 Å². The van der Waals surface area contributed by atoms with Crippen LogP contribution in [-0.4, -0.2) is 18.5 Å². The lowest BCUT2D eigenvalue weighted by atomic mass is 10.2. The van der Waals surface area contributed by atoms with Crippen LogP contribution in [0.3, 0.4) is 0 Å². The molecular weight excluding hydrogens is 369 g/mol. The van der Waals surface area contributed by atoms with Crippen LogP contribution in [0.25, 0.3) is 0 Å². The first kappa shape index (κ1) is 14.5. The molecule has 20 heavy (non-hydrogen) atoms. The summed E-state index contributed by atoms with van der Waals surface area (Å²) in [4.78, 5) is 23.4. The summed E-state index contributed by atoms with van der Waals surface area (Å²) in [7, 11) is 0. The molecule has 0 aliphatic heterocycles. The average Bonchev–Trinajstić information content (AvgIpc) is 2.46. The third-order valence-electron chi connectivity index (χ3n) is 2.45. The van der Waals surface area contributed by atoms with E-state index in [1.807, 2.05) is 24.3 Å². The van der Waals surface area contributed by atoms with Gasteiger partial charge in [0, 0.05) is 9.26 Å². The Bertz CT molecular complexity index is 614. The molecular formula is C15H12INO3. The van der Waals surface area contributed by atoms with Crippen LogP contribution in [0.5, 0.6) is 0 Å². The Balaban J connectivity index is 1.86. The molecule has 5 heteroatoms. The minimum absolute atomic E-state index is 0.306. The summed E-state index contributed by atoms with van der Waals surface area (Å²) in [6.07, 6.45) is 0. The lowest BCUT2D eigenvalue weighted by Crippen LogP contribution is -2.20. The van der Waals surface area contributed by atoms with Crippen molar-refractivity contribution in [2.24, 2.45) is 0 Å². The maximum Gasteiger partial charge on any atom is 0.338 e. The maximum atomic E-state index is 11.7. The van der Waals surface area contributed by atoms with Crippen LogP contribution in [0.15, 0.2) is 54.6 Å². The average molecular weight is 381 g/mol. The number of nitrogens with one attached hydrogen (secondary N) is 1. The molecule has 0 aliphatic rings. The number of anilines is 1. The van der Waals surface area contributed by atoms with Crippen molar-refractivity contribution in [1.29, 1.82) is 0 Å². The molecule has 0 saturated heterocycles. The molecule has 2 aromatic rings. The van der Waals surface area contributed by atoms with E-state index in [-0.39, 0.29) is 12.5 Å². The van der Waals surface area contributed by atoms with Crippen LogP contribution < -0.4 is 5.32 Å². The van der Waals surface area contributed by atoms with Gasteiger partial charge < -0.3 is 10.1 Å². The van der Waals surface area contributed by atoms with Crippen LogP contribution in [0.1, 0.15) is 10.4 Å². The zero-order valence-corrected chi connectivity index (χ0v) is 12.7. The molecule has 2 rings (SSSR count). The maximum absolute atomic E-state index is 11.7. The van der Waals surface area contributed by atoms with Gasteiger partial charge in [-0.25, -0.2) is 4.79 Å². The number of rotatable bonds is 4. The van der Waals surface area contributed by atoms with Crippen molar-refractivity contribution in [3.05, 3.63) is 63.7 Å². The van der Waals surface area contributed by atoms with E-state index >= 15 is 0 Å². The van der Waals surface area contributed by atoms with Gasteiger partial charge in [0.1, 0.15) is 0 Å². The van der Waals surface area contributed by atoms with Gasteiger partial charge >= 0.3 is 5.97 Å². The second-order valence-electron chi connectivity index (χ2n) is 4.00. The largest absolute Gasteiger partial charge is 0.452 e. The number of para-hydroxylation sites is 1. The van der Waals surface area contributed by atoms with Crippen molar-refractivity contribution in [2.45, 2.75) is 0 Å². The number of esters is 1. The normalized spacial score (nSPS) is 9.85. The van der Waals surface area contributed by atoms with Gasteiger partial charge in [-0.1, -0.05) is 24.3 Å². The first-order chi connectivity index (χ1) is 9.65. The zero-order chi connectivity index (χ0) is 14.4. The highest BCUT2D eigenvalue weighted by Gasteiger charge is 2.10. The highest BCUT2D eigenvalue weighted by atomic mass is 127. The minimum atomic E-state index is -0.508. The van der Waals surface area contributed by atoms with E-state index in [0.29, 0.717) is 11.3 Å². The van der Waals surface area contributed by atoms with E-state index in [0.717, 1.165) is 3.57 Å². The molecule has 1 amide bonds. The predicted molar refractivity (Wildman–Crippen MR) is 84.5 cm³/mol. The number of amides is 1. The Morgan fingerprint density at radius 1 is 1.05 bits per heavy atom. The molecule has 1 N–H and O–H groups in total. The summed E-state index contributed by atoms with van der Waals surface area (Å²) in [5.41, 5.74) is 1.10. The zero-order valence-electron chi connectivity index (χ0n) is 10.5. The second kappa shape index (κ2) is 7.04. The third kappa shape index (κ3) is 4.34. The van der Waals surface area contributed by atoms with Crippen molar-refractivity contribution in [1.82, 2.24) is 0 Å². The standard InChI is InChI=1S/C15H12INO3/c16-12-6-4-5-11(9-12)15(19)20-10-14(18)17-13-7-2-1-3-8-13/h1-9H,10H2,(H,17,18). The number of carbonyl (C=O) groups excluding carboxylic acids is 2. The molecule has 0 aromatic heterocycles. The number of halogens is 1. The van der Waals surface area contributed by atoms with Crippen molar-refractivity contribution < 1.29 is 14.3 Å². The fourth-order valence-electron chi connectivity index (χ4n) is 1.55. The smallest absolute Gasteiger partial charge is 0.338 e. The monoisotopic (exact) mass is 381 g/mol. The van der Waals surface area contributed by atoms with Gasteiger partial charge in [0.25, 0.3) is 5.91 Å². The molecule has 2 aromatic carbocycles. The van der Waals surface area contributed by atoms with Crippen molar-refractivity contribution >= 4 is 40.2 Å². The summed E-state index contributed by atoms with van der Waals surface area (Å²) in [5, 5.41) is 2.64. The number of carbonyl (C=O) groups is 2. The van der Waals surface area contributed by atoms with Gasteiger partial charge in [0.2, 0.25) is 0 Å². The molecule has 0 bridgehead atoms. The third-order valence-corrected chi connectivity index (χ3v) is 3.12. The molecule has 0 unspecified atom stereocenters. The first-order valence-electron chi connectivity index (χ1n) is 5.93. The summed E-state index contributed by atoms with van der Waals surface area (Å²) in [6.45, 7) is -0.306. The van der Waals surface area contributed by atoms with Gasteiger partial charge in [0.05, 0.1) is 5.56 Å². The van der Waals surface area contributed by atoms with Crippen LogP contribution in [-0.2, 0) is 9.53 Å². The van der Waals surface area contributed by atoms with Gasteiger partial charge in [-0.3, -0.25) is 4.79 Å². The topological polar surface area (TPSA) is 55.4 Å². The molecule has 0 aliphatic carbocycles. The Morgan fingerprint density at radius 2 is 1.80 bits per heavy atom. The van der Waals surface area contributed by atoms with Crippen LogP contribution in [0.2, 0.25) is 0 Å². The van der Waals surface area contributed by atoms with Gasteiger partial charge in [0.15, 0.2) is 6.61 Å². The Labute approximate surface area is 130 Å². The van der Waals surface area contributed by atoms with Crippen LogP contribution in [0.4, 0.5) is 5.69 Å². The molecule has 4 nitrogen and oxygen atoms in total. The fourth-order valence-corrected chi connectivity index (χ4v) is 2.09. The van der Waals surface area contributed by atoms with Crippen molar-refractivity contribution in [3.8, 4) is 0 Å². The van der Waals surface area contributed by atoms with Gasteiger partial charge in [-0.2, -0.15) is 0 Å². The Hall–Kier alpha value is -1.89. The lowest BCUT2D eigenvalue weighted by molar-refractivity contribution is -0.119. The second-order valence-corrected chi connectivity index (χ2v) is 5.25. The molecule has 0 saturated carbocycles. The number of hydrogen-bond donors (Lipinski definition) is 1. The van der Waals surface area contributed by atoms with E-state index in [4.69, 9.17) is 4.74 Å². The molecule has 102 valence electrons. The first-order valence-corrected chi connectivity index (χ1v) is 7.00. The van der Waals surface area contributed by atoms with E-state index in [1.54, 1.807) is 30.3 Å². The Morgan fingerprint density at radius 3 is 2.50 bits per heavy atom. The molecule has 0 fully saturated rings. The number of ether oxygens (including phenoxy) is 1. The summed E-state index contributed by atoms with van der Waals surface area (Å²) in [6, 6.07) is 16.0. The van der Waals surface area contributed by atoms with Crippen molar-refractivity contribution in [3.63, 3.8) is 0 Å². The molecule has 0 radical (unpaired) electrons. The van der Waals surface area contributed by atoms with E-state index in [2.05, 4.69) is 27.9 Å². The summed E-state index contributed by atoms with van der Waals surface area (Å²) < 4.78 is 5.90. The van der Waals surface area contributed by atoms with Crippen molar-refractivity contribution in [2.75, 3.05) is 11.9 Å². The highest BCUT2D eigenvalue weighted by Crippen LogP contribution is 2.09. The van der Waals surface area contributed by atoms with Gasteiger partial charge in [-0.05, 0) is 52.9 Å². The Kier molecular flexibility index (Phi) is 5.11. The SMILES string of the molecule is O=C(COC(=O)c1cccc(I)c1)Nc1ccccc1. The quantitative estimate of drug-likeness (QED) is 0.654. The lowest BCUT2D eigenvalue weighted by Gasteiger charge is -2.06. The fraction of sp³-hybridized carbons (Fsp3) is 0.0667. The molecule has 0 spiro atoms. The van der Waals surface area contributed by atoms with Gasteiger partial charge in [-0.15, -0.1) is 0 Å². The highest BCUT2D eigenvalue weighted by molar-refractivity contribution is 14.1. The number of benzene rings is 2. The van der Waals surface area contributed by atoms with Crippen LogP contribution >= 0.6 is 22.6 Å². The van der Waals surface area contributed by atoms with E-state index < -0.39 is 5.97 Å². The van der Waals surface area contributed by atoms with E-state index in [1.165, 1.54) is 0 Å². The minimum Gasteiger partial charge on any atom is -0.452 e. The summed E-state index contributed by atoms with van der Waals surface area (Å²) >= 11 is 2.11. The summed E-state index contributed by atoms with van der Waals surface area (Å²) in [5.74, 6) is -0.873.